The molecule has 1 aliphatic heterocycles. The Morgan fingerprint density at radius 2 is 2.14 bits per heavy atom. The molecule has 1 aliphatic carbocycles. The summed E-state index contributed by atoms with van der Waals surface area (Å²) >= 11 is 0. The van der Waals surface area contributed by atoms with E-state index in [1.807, 2.05) is 18.7 Å². The quantitative estimate of drug-likeness (QED) is 0.646. The molecule has 1 saturated heterocycles. The fourth-order valence-electron chi connectivity index (χ4n) is 2.73. The van der Waals surface area contributed by atoms with Crippen molar-refractivity contribution >= 4 is 6.09 Å². The summed E-state index contributed by atoms with van der Waals surface area (Å²) in [6.07, 6.45) is 4.84. The number of carbonyl (C=O) groups excluding carboxylic acids is 1. The minimum atomic E-state index is -0.102. The van der Waals surface area contributed by atoms with Gasteiger partial charge < -0.3 is 9.64 Å². The van der Waals surface area contributed by atoms with Crippen molar-refractivity contribution in [3.8, 4) is 0 Å². The Balaban J connectivity index is 1.94. The first-order valence-electron chi connectivity index (χ1n) is 5.65. The Bertz CT molecular complexity index is 227. The monoisotopic (exact) mass is 197 g/mol. The lowest BCUT2D eigenvalue weighted by atomic mass is 10.1. The predicted molar refractivity (Wildman–Crippen MR) is 54.1 cm³/mol. The van der Waals surface area contributed by atoms with Crippen LogP contribution in [-0.4, -0.2) is 29.7 Å². The minimum Gasteiger partial charge on any atom is -0.447 e. The van der Waals surface area contributed by atoms with Gasteiger partial charge in [-0.3, -0.25) is 0 Å². The van der Waals surface area contributed by atoms with Crippen LogP contribution in [0.5, 0.6) is 0 Å². The highest BCUT2D eigenvalue weighted by Gasteiger charge is 2.40. The number of carbonyl (C=O) groups is 1. The van der Waals surface area contributed by atoms with E-state index in [1.54, 1.807) is 0 Å². The fraction of sp³-hybridized carbons (Fsp3) is 0.909. The predicted octanol–water partition coefficient (Wildman–Crippen LogP) is 2.41. The van der Waals surface area contributed by atoms with Crippen LogP contribution in [-0.2, 0) is 4.74 Å². The molecule has 0 bridgehead atoms. The Hall–Kier alpha value is -0.730. The normalized spacial score (nSPS) is 30.9. The molecule has 0 aromatic heterocycles. The molecule has 1 heterocycles. The topological polar surface area (TPSA) is 29.5 Å². The first-order chi connectivity index (χ1) is 6.68. The van der Waals surface area contributed by atoms with E-state index in [4.69, 9.17) is 4.74 Å². The second-order valence-corrected chi connectivity index (χ2v) is 4.67. The smallest absolute Gasteiger partial charge is 0.410 e. The third-order valence-electron chi connectivity index (χ3n) is 3.33. The van der Waals surface area contributed by atoms with Crippen LogP contribution < -0.4 is 0 Å². The Kier molecular flexibility index (Phi) is 2.66. The first-order valence-corrected chi connectivity index (χ1v) is 5.65. The average Bonchev–Trinajstić information content (AvgIpc) is 2.59. The van der Waals surface area contributed by atoms with Gasteiger partial charge in [0.15, 0.2) is 0 Å². The number of hydrogen-bond acceptors (Lipinski definition) is 2. The SMILES string of the molecule is CC(C)OC(=O)N1CCC2CCCC21. The number of hydrogen-bond donors (Lipinski definition) is 0. The van der Waals surface area contributed by atoms with Gasteiger partial charge in [0.1, 0.15) is 0 Å². The van der Waals surface area contributed by atoms with E-state index in [0.717, 1.165) is 12.5 Å². The van der Waals surface area contributed by atoms with E-state index >= 15 is 0 Å². The minimum absolute atomic E-state index is 0.00273. The van der Waals surface area contributed by atoms with Crippen LogP contribution in [0.25, 0.3) is 0 Å². The van der Waals surface area contributed by atoms with Gasteiger partial charge in [0.05, 0.1) is 6.10 Å². The third kappa shape index (κ3) is 1.72. The second kappa shape index (κ2) is 3.79. The number of ether oxygens (including phenoxy) is 1. The van der Waals surface area contributed by atoms with Crippen molar-refractivity contribution in [2.24, 2.45) is 5.92 Å². The van der Waals surface area contributed by atoms with E-state index in [0.29, 0.717) is 6.04 Å². The second-order valence-electron chi connectivity index (χ2n) is 4.67. The van der Waals surface area contributed by atoms with Crippen molar-refractivity contribution < 1.29 is 9.53 Å². The highest BCUT2D eigenvalue weighted by Crippen LogP contribution is 2.37. The summed E-state index contributed by atoms with van der Waals surface area (Å²) in [7, 11) is 0. The summed E-state index contributed by atoms with van der Waals surface area (Å²) in [6, 6.07) is 0.487. The zero-order valence-electron chi connectivity index (χ0n) is 9.03. The molecule has 3 heteroatoms. The lowest BCUT2D eigenvalue weighted by Crippen LogP contribution is -2.37. The Labute approximate surface area is 85.4 Å². The molecule has 0 aromatic rings. The van der Waals surface area contributed by atoms with E-state index in [9.17, 15) is 4.79 Å². The highest BCUT2D eigenvalue weighted by molar-refractivity contribution is 5.68. The number of fused-ring (bicyclic) bond motifs is 1. The largest absolute Gasteiger partial charge is 0.447 e. The number of likely N-dealkylation sites (tertiary alicyclic amines) is 1. The lowest BCUT2D eigenvalue weighted by Gasteiger charge is -2.24. The first kappa shape index (κ1) is 9.81. The van der Waals surface area contributed by atoms with Crippen LogP contribution in [0, 0.1) is 5.92 Å². The third-order valence-corrected chi connectivity index (χ3v) is 3.33. The zero-order valence-corrected chi connectivity index (χ0v) is 9.03. The summed E-state index contributed by atoms with van der Waals surface area (Å²) in [5, 5.41) is 0. The maximum absolute atomic E-state index is 11.7. The molecule has 0 spiro atoms. The molecule has 2 unspecified atom stereocenters. The van der Waals surface area contributed by atoms with Crippen LogP contribution in [0.1, 0.15) is 39.5 Å². The van der Waals surface area contributed by atoms with Crippen LogP contribution in [0.4, 0.5) is 4.79 Å². The van der Waals surface area contributed by atoms with Crippen LogP contribution in [0.3, 0.4) is 0 Å². The van der Waals surface area contributed by atoms with Crippen LogP contribution in [0.2, 0.25) is 0 Å². The standard InChI is InChI=1S/C11H19NO2/c1-8(2)14-11(13)12-7-6-9-4-3-5-10(9)12/h8-10H,3-7H2,1-2H3. The molecule has 1 saturated carbocycles. The Morgan fingerprint density at radius 3 is 2.86 bits per heavy atom. The van der Waals surface area contributed by atoms with Crippen molar-refractivity contribution in [1.29, 1.82) is 0 Å². The molecular weight excluding hydrogens is 178 g/mol. The zero-order chi connectivity index (χ0) is 10.1. The summed E-state index contributed by atoms with van der Waals surface area (Å²) in [6.45, 7) is 4.71. The average molecular weight is 197 g/mol. The van der Waals surface area contributed by atoms with Gasteiger partial charge in [-0.25, -0.2) is 4.79 Å². The highest BCUT2D eigenvalue weighted by atomic mass is 16.6. The van der Waals surface area contributed by atoms with Crippen molar-refractivity contribution in [2.45, 2.75) is 51.7 Å². The van der Waals surface area contributed by atoms with Gasteiger partial charge in [0.2, 0.25) is 0 Å². The van der Waals surface area contributed by atoms with Crippen LogP contribution in [0.15, 0.2) is 0 Å². The maximum atomic E-state index is 11.7. The molecule has 0 radical (unpaired) electrons. The van der Waals surface area contributed by atoms with E-state index < -0.39 is 0 Å². The molecule has 0 N–H and O–H groups in total. The van der Waals surface area contributed by atoms with Gasteiger partial charge in [-0.1, -0.05) is 6.42 Å². The maximum Gasteiger partial charge on any atom is 0.410 e. The van der Waals surface area contributed by atoms with Crippen molar-refractivity contribution in [2.75, 3.05) is 6.54 Å². The van der Waals surface area contributed by atoms with Gasteiger partial charge in [-0.15, -0.1) is 0 Å². The number of amides is 1. The van der Waals surface area contributed by atoms with Crippen LogP contribution >= 0.6 is 0 Å². The Morgan fingerprint density at radius 1 is 1.36 bits per heavy atom. The molecule has 2 rings (SSSR count). The fourth-order valence-corrected chi connectivity index (χ4v) is 2.73. The van der Waals surface area contributed by atoms with Gasteiger partial charge >= 0.3 is 6.09 Å². The molecule has 2 atom stereocenters. The van der Waals surface area contributed by atoms with E-state index in [2.05, 4.69) is 0 Å². The van der Waals surface area contributed by atoms with Gasteiger partial charge in [-0.2, -0.15) is 0 Å². The van der Waals surface area contributed by atoms with E-state index in [-0.39, 0.29) is 12.2 Å². The van der Waals surface area contributed by atoms with Gasteiger partial charge in [0, 0.05) is 12.6 Å². The molecule has 0 aromatic carbocycles. The molecule has 2 aliphatic rings. The molecule has 1 amide bonds. The van der Waals surface area contributed by atoms with Crippen molar-refractivity contribution in [3.05, 3.63) is 0 Å². The lowest BCUT2D eigenvalue weighted by molar-refractivity contribution is 0.0719. The number of nitrogens with zero attached hydrogens (tertiary/aromatic N) is 1. The summed E-state index contributed by atoms with van der Waals surface area (Å²) in [5.41, 5.74) is 0. The van der Waals surface area contributed by atoms with Gasteiger partial charge in [-0.05, 0) is 39.0 Å². The van der Waals surface area contributed by atoms with Gasteiger partial charge in [0.25, 0.3) is 0 Å². The van der Waals surface area contributed by atoms with Crippen molar-refractivity contribution in [3.63, 3.8) is 0 Å². The summed E-state index contributed by atoms with van der Waals surface area (Å²) in [4.78, 5) is 13.6. The summed E-state index contributed by atoms with van der Waals surface area (Å²) in [5.74, 6) is 0.759. The molecule has 3 nitrogen and oxygen atoms in total. The van der Waals surface area contributed by atoms with E-state index in [1.165, 1.54) is 25.7 Å². The molecular formula is C11H19NO2. The molecule has 80 valence electrons. The van der Waals surface area contributed by atoms with Crippen molar-refractivity contribution in [1.82, 2.24) is 4.90 Å². The molecule has 14 heavy (non-hydrogen) atoms. The molecule has 2 fully saturated rings. The number of rotatable bonds is 1. The summed E-state index contributed by atoms with van der Waals surface area (Å²) < 4.78 is 5.23.